The average molecular weight is 261 g/mol. The topological polar surface area (TPSA) is 47.6 Å². The van der Waals surface area contributed by atoms with E-state index in [1.807, 2.05) is 24.3 Å². The highest BCUT2D eigenvalue weighted by Gasteiger charge is 1.93. The van der Waals surface area contributed by atoms with E-state index in [1.165, 1.54) is 18.7 Å². The van der Waals surface area contributed by atoms with Gasteiger partial charge in [0.2, 0.25) is 0 Å². The van der Waals surface area contributed by atoms with Crippen LogP contribution in [0.4, 0.5) is 0 Å². The van der Waals surface area contributed by atoms with Crippen LogP contribution in [0.15, 0.2) is 48.7 Å². The van der Waals surface area contributed by atoms with Gasteiger partial charge in [-0.3, -0.25) is 0 Å². The Balaban J connectivity index is 2.21. The lowest BCUT2D eigenvalue weighted by Gasteiger charge is -2.03. The van der Waals surface area contributed by atoms with Crippen LogP contribution in [0.2, 0.25) is 0 Å². The fourth-order valence-electron chi connectivity index (χ4n) is 1.42. The third kappa shape index (κ3) is 6.31. The molecule has 0 aromatic heterocycles. The minimum Gasteiger partial charge on any atom is -0.497 e. The van der Waals surface area contributed by atoms with Crippen molar-refractivity contribution in [3.8, 4) is 5.75 Å². The highest BCUT2D eigenvalue weighted by atomic mass is 16.5. The summed E-state index contributed by atoms with van der Waals surface area (Å²) in [7, 11) is 3.01. The highest BCUT2D eigenvalue weighted by molar-refractivity contribution is 5.82. The van der Waals surface area contributed by atoms with E-state index in [0.29, 0.717) is 0 Å². The predicted molar refractivity (Wildman–Crippen MR) is 75.0 cm³/mol. The van der Waals surface area contributed by atoms with Crippen molar-refractivity contribution in [2.75, 3.05) is 20.8 Å². The molecule has 0 aliphatic rings. The van der Waals surface area contributed by atoms with Crippen molar-refractivity contribution >= 4 is 5.97 Å². The van der Waals surface area contributed by atoms with E-state index in [0.717, 1.165) is 18.7 Å². The lowest BCUT2D eigenvalue weighted by Crippen LogP contribution is -2.09. The normalized spacial score (nSPS) is 10.8. The first-order valence-electron chi connectivity index (χ1n) is 6.03. The molecule has 0 saturated heterocycles. The van der Waals surface area contributed by atoms with Crippen LogP contribution in [0.25, 0.3) is 0 Å². The van der Waals surface area contributed by atoms with Crippen molar-refractivity contribution < 1.29 is 14.3 Å². The summed E-state index contributed by atoms with van der Waals surface area (Å²) >= 11 is 0. The van der Waals surface area contributed by atoms with E-state index < -0.39 is 0 Å². The maximum Gasteiger partial charge on any atom is 0.330 e. The molecule has 0 aliphatic heterocycles. The molecule has 0 bridgehead atoms. The summed E-state index contributed by atoms with van der Waals surface area (Å²) in [6.45, 7) is 0.828. The summed E-state index contributed by atoms with van der Waals surface area (Å²) in [5, 5.41) is 3.14. The fraction of sp³-hybridized carbons (Fsp3) is 0.267. The van der Waals surface area contributed by atoms with Crippen LogP contribution in [-0.4, -0.2) is 26.7 Å². The van der Waals surface area contributed by atoms with Gasteiger partial charge in [0.1, 0.15) is 5.75 Å². The number of rotatable bonds is 7. The Morgan fingerprint density at radius 3 is 2.58 bits per heavy atom. The van der Waals surface area contributed by atoms with E-state index in [9.17, 15) is 4.79 Å². The first-order valence-corrected chi connectivity index (χ1v) is 6.03. The SMILES string of the molecule is COC(=O)/C=C/C=C/NCCc1ccc(OC)cc1. The van der Waals surface area contributed by atoms with Gasteiger partial charge < -0.3 is 14.8 Å². The molecule has 1 aromatic carbocycles. The lowest BCUT2D eigenvalue weighted by atomic mass is 10.1. The van der Waals surface area contributed by atoms with Crippen molar-refractivity contribution in [1.29, 1.82) is 0 Å². The maximum absolute atomic E-state index is 10.8. The van der Waals surface area contributed by atoms with Crippen molar-refractivity contribution in [1.82, 2.24) is 5.32 Å². The smallest absolute Gasteiger partial charge is 0.330 e. The Morgan fingerprint density at radius 2 is 1.95 bits per heavy atom. The van der Waals surface area contributed by atoms with Gasteiger partial charge in [0.15, 0.2) is 0 Å². The minimum absolute atomic E-state index is 0.358. The van der Waals surface area contributed by atoms with E-state index in [1.54, 1.807) is 25.5 Å². The standard InChI is InChI=1S/C15H19NO3/c1-18-14-8-6-13(7-9-14)10-12-16-11-4-3-5-15(17)19-2/h3-9,11,16H,10,12H2,1-2H3/b5-3+,11-4+. The molecule has 4 heteroatoms. The van der Waals surface area contributed by atoms with Crippen LogP contribution in [0.1, 0.15) is 5.56 Å². The molecule has 0 atom stereocenters. The molecule has 0 saturated carbocycles. The highest BCUT2D eigenvalue weighted by Crippen LogP contribution is 2.11. The zero-order valence-electron chi connectivity index (χ0n) is 11.3. The second kappa shape index (κ2) is 8.80. The number of ether oxygens (including phenoxy) is 2. The van der Waals surface area contributed by atoms with Crippen molar-refractivity contribution in [2.45, 2.75) is 6.42 Å². The Hall–Kier alpha value is -2.23. The molecule has 1 rings (SSSR count). The molecular weight excluding hydrogens is 242 g/mol. The Bertz CT molecular complexity index is 435. The molecule has 0 amide bonds. The van der Waals surface area contributed by atoms with E-state index >= 15 is 0 Å². The van der Waals surface area contributed by atoms with Crippen LogP contribution >= 0.6 is 0 Å². The molecule has 1 N–H and O–H groups in total. The first kappa shape index (κ1) is 14.8. The van der Waals surface area contributed by atoms with Crippen molar-refractivity contribution in [3.05, 3.63) is 54.3 Å². The predicted octanol–water partition coefficient (Wildman–Crippen LogP) is 2.07. The van der Waals surface area contributed by atoms with Gasteiger partial charge in [-0.1, -0.05) is 18.2 Å². The van der Waals surface area contributed by atoms with Crippen LogP contribution in [0, 0.1) is 0 Å². The summed E-state index contributed by atoms with van der Waals surface area (Å²) in [4.78, 5) is 10.8. The average Bonchev–Trinajstić information content (AvgIpc) is 2.46. The van der Waals surface area contributed by atoms with Gasteiger partial charge in [-0.2, -0.15) is 0 Å². The quantitative estimate of drug-likeness (QED) is 0.353. The summed E-state index contributed by atoms with van der Waals surface area (Å²) in [6.07, 6.45) is 7.47. The molecule has 4 nitrogen and oxygen atoms in total. The van der Waals surface area contributed by atoms with Gasteiger partial charge in [0.25, 0.3) is 0 Å². The summed E-state index contributed by atoms with van der Waals surface area (Å²) in [6, 6.07) is 7.98. The van der Waals surface area contributed by atoms with E-state index in [4.69, 9.17) is 4.74 Å². The molecule has 1 aromatic rings. The second-order valence-electron chi connectivity index (χ2n) is 3.79. The van der Waals surface area contributed by atoms with Crippen LogP contribution < -0.4 is 10.1 Å². The fourth-order valence-corrected chi connectivity index (χ4v) is 1.42. The number of carbonyl (C=O) groups excluding carboxylic acids is 1. The van der Waals surface area contributed by atoms with E-state index in [-0.39, 0.29) is 5.97 Å². The van der Waals surface area contributed by atoms with Crippen LogP contribution in [-0.2, 0) is 16.0 Å². The number of nitrogens with one attached hydrogen (secondary N) is 1. The minimum atomic E-state index is -0.358. The van der Waals surface area contributed by atoms with Gasteiger partial charge in [-0.15, -0.1) is 0 Å². The molecular formula is C15H19NO3. The number of esters is 1. The van der Waals surface area contributed by atoms with Crippen LogP contribution in [0.5, 0.6) is 5.75 Å². The van der Waals surface area contributed by atoms with Crippen molar-refractivity contribution in [3.63, 3.8) is 0 Å². The Kier molecular flexibility index (Phi) is 6.87. The molecule has 0 aliphatic carbocycles. The Labute approximate surface area is 113 Å². The lowest BCUT2D eigenvalue weighted by molar-refractivity contribution is -0.134. The molecule has 0 spiro atoms. The molecule has 0 radical (unpaired) electrons. The summed E-state index contributed by atoms with van der Waals surface area (Å²) in [5.41, 5.74) is 1.24. The molecule has 102 valence electrons. The van der Waals surface area contributed by atoms with Gasteiger partial charge in [0.05, 0.1) is 14.2 Å². The Morgan fingerprint density at radius 1 is 1.21 bits per heavy atom. The molecule has 0 heterocycles. The van der Waals surface area contributed by atoms with Gasteiger partial charge in [0, 0.05) is 12.6 Å². The molecule has 0 unspecified atom stereocenters. The number of allylic oxidation sites excluding steroid dienone is 2. The van der Waals surface area contributed by atoms with Crippen LogP contribution in [0.3, 0.4) is 0 Å². The zero-order valence-corrected chi connectivity index (χ0v) is 11.3. The second-order valence-corrected chi connectivity index (χ2v) is 3.79. The van der Waals surface area contributed by atoms with Gasteiger partial charge >= 0.3 is 5.97 Å². The van der Waals surface area contributed by atoms with Crippen molar-refractivity contribution in [2.24, 2.45) is 0 Å². The van der Waals surface area contributed by atoms with Gasteiger partial charge in [-0.25, -0.2) is 4.79 Å². The van der Waals surface area contributed by atoms with Gasteiger partial charge in [-0.05, 0) is 36.4 Å². The summed E-state index contributed by atoms with van der Waals surface area (Å²) < 4.78 is 9.56. The molecule has 0 fully saturated rings. The van der Waals surface area contributed by atoms with E-state index in [2.05, 4.69) is 10.1 Å². The zero-order chi connectivity index (χ0) is 13.9. The summed E-state index contributed by atoms with van der Waals surface area (Å²) in [5.74, 6) is 0.507. The monoisotopic (exact) mass is 261 g/mol. The number of methoxy groups -OCH3 is 2. The number of carbonyl (C=O) groups is 1. The third-order valence-corrected chi connectivity index (χ3v) is 2.48. The number of benzene rings is 1. The first-order chi connectivity index (χ1) is 9.26. The maximum atomic E-state index is 10.8. The largest absolute Gasteiger partial charge is 0.497 e. The molecule has 19 heavy (non-hydrogen) atoms. The number of hydrogen-bond acceptors (Lipinski definition) is 4. The third-order valence-electron chi connectivity index (χ3n) is 2.48. The number of hydrogen-bond donors (Lipinski definition) is 1.